The van der Waals surface area contributed by atoms with Crippen LogP contribution in [-0.4, -0.2) is 26.0 Å². The van der Waals surface area contributed by atoms with Crippen LogP contribution in [0.5, 0.6) is 11.5 Å². The lowest BCUT2D eigenvalue weighted by molar-refractivity contribution is -0.120. The zero-order chi connectivity index (χ0) is 22.8. The summed E-state index contributed by atoms with van der Waals surface area (Å²) in [6, 6.07) is 19.9. The Hall–Kier alpha value is -4.06. The molecule has 0 atom stereocenters. The van der Waals surface area contributed by atoms with Crippen LogP contribution in [0.2, 0.25) is 0 Å². The summed E-state index contributed by atoms with van der Waals surface area (Å²) in [4.78, 5) is 28.3. The van der Waals surface area contributed by atoms with Gasteiger partial charge in [-0.1, -0.05) is 29.8 Å². The van der Waals surface area contributed by atoms with Gasteiger partial charge in [-0.3, -0.25) is 9.59 Å². The lowest BCUT2D eigenvalue weighted by atomic mass is 10.0. The highest BCUT2D eigenvalue weighted by Gasteiger charge is 2.40. The number of carbonyl (C=O) groups excluding carboxylic acids is 2. The number of imide groups is 1. The van der Waals surface area contributed by atoms with Gasteiger partial charge in [0, 0.05) is 5.69 Å². The van der Waals surface area contributed by atoms with Gasteiger partial charge in [-0.2, -0.15) is 0 Å². The van der Waals surface area contributed by atoms with Crippen LogP contribution >= 0.6 is 0 Å². The predicted octanol–water partition coefficient (Wildman–Crippen LogP) is 4.72. The molecule has 0 aliphatic carbocycles. The van der Waals surface area contributed by atoms with Crippen molar-refractivity contribution in [2.24, 2.45) is 0 Å². The Kier molecular flexibility index (Phi) is 5.69. The maximum absolute atomic E-state index is 13.6. The third kappa shape index (κ3) is 3.83. The molecule has 6 heteroatoms. The number of ether oxygens (including phenoxy) is 2. The van der Waals surface area contributed by atoms with E-state index in [0.717, 1.165) is 11.1 Å². The summed E-state index contributed by atoms with van der Waals surface area (Å²) in [6.07, 6.45) is 0. The van der Waals surface area contributed by atoms with Crippen LogP contribution in [-0.2, 0) is 9.59 Å². The van der Waals surface area contributed by atoms with E-state index < -0.39 is 5.91 Å². The molecule has 0 unspecified atom stereocenters. The van der Waals surface area contributed by atoms with E-state index in [1.54, 1.807) is 62.8 Å². The van der Waals surface area contributed by atoms with Gasteiger partial charge in [0.25, 0.3) is 11.8 Å². The fraction of sp³-hybridized carbons (Fsp3) is 0.154. The molecule has 0 aromatic heterocycles. The van der Waals surface area contributed by atoms with E-state index in [0.29, 0.717) is 34.0 Å². The summed E-state index contributed by atoms with van der Waals surface area (Å²) in [6.45, 7) is 3.87. The molecule has 0 fully saturated rings. The second-order valence-corrected chi connectivity index (χ2v) is 7.57. The largest absolute Gasteiger partial charge is 0.497 e. The number of hydrogen-bond donors (Lipinski definition) is 1. The molecule has 0 saturated carbocycles. The number of benzene rings is 3. The van der Waals surface area contributed by atoms with Crippen LogP contribution < -0.4 is 19.7 Å². The summed E-state index contributed by atoms with van der Waals surface area (Å²) >= 11 is 0. The highest BCUT2D eigenvalue weighted by Crippen LogP contribution is 2.36. The zero-order valence-electron chi connectivity index (χ0n) is 18.4. The minimum Gasteiger partial charge on any atom is -0.497 e. The average Bonchev–Trinajstić information content (AvgIpc) is 3.04. The highest BCUT2D eigenvalue weighted by molar-refractivity contribution is 6.46. The van der Waals surface area contributed by atoms with Gasteiger partial charge < -0.3 is 14.8 Å². The molecular formula is C26H24N2O4. The van der Waals surface area contributed by atoms with E-state index in [2.05, 4.69) is 5.32 Å². The number of anilines is 2. The Bertz CT molecular complexity index is 1210. The first kappa shape index (κ1) is 21.2. The highest BCUT2D eigenvalue weighted by atomic mass is 16.5. The minimum atomic E-state index is -0.399. The zero-order valence-corrected chi connectivity index (χ0v) is 18.4. The summed E-state index contributed by atoms with van der Waals surface area (Å²) < 4.78 is 10.4. The first-order valence-corrected chi connectivity index (χ1v) is 10.2. The van der Waals surface area contributed by atoms with E-state index in [1.807, 2.05) is 32.0 Å². The minimum absolute atomic E-state index is 0.227. The molecule has 1 aliphatic heterocycles. The van der Waals surface area contributed by atoms with Crippen LogP contribution in [0.3, 0.4) is 0 Å². The molecule has 4 rings (SSSR count). The number of amides is 2. The third-order valence-electron chi connectivity index (χ3n) is 5.42. The number of nitrogens with one attached hydrogen (secondary N) is 1. The van der Waals surface area contributed by atoms with Gasteiger partial charge in [0.2, 0.25) is 0 Å². The van der Waals surface area contributed by atoms with Crippen molar-refractivity contribution in [3.8, 4) is 11.5 Å². The molecule has 1 heterocycles. The Morgan fingerprint density at radius 1 is 0.750 bits per heavy atom. The molecule has 6 nitrogen and oxygen atoms in total. The monoisotopic (exact) mass is 428 g/mol. The lowest BCUT2D eigenvalue weighted by Gasteiger charge is -2.18. The van der Waals surface area contributed by atoms with Crippen molar-refractivity contribution in [2.75, 3.05) is 24.4 Å². The van der Waals surface area contributed by atoms with Crippen LogP contribution in [0.15, 0.2) is 72.4 Å². The number of hydrogen-bond acceptors (Lipinski definition) is 5. The first-order chi connectivity index (χ1) is 15.4. The first-order valence-electron chi connectivity index (χ1n) is 10.2. The standard InChI is InChI=1S/C26H24N2O4/c1-16-5-14-22(17(2)15-16)28-25(29)23(18-6-10-20(31-3)11-7-18)24(26(28)30)27-19-8-12-21(32-4)13-9-19/h5-15,27H,1-4H3. The van der Waals surface area contributed by atoms with Gasteiger partial charge in [-0.05, 0) is 67.4 Å². The van der Waals surface area contributed by atoms with Gasteiger partial charge >= 0.3 is 0 Å². The molecule has 32 heavy (non-hydrogen) atoms. The topological polar surface area (TPSA) is 67.9 Å². The Morgan fingerprint density at radius 3 is 1.91 bits per heavy atom. The smallest absolute Gasteiger partial charge is 0.282 e. The number of methoxy groups -OCH3 is 2. The third-order valence-corrected chi connectivity index (χ3v) is 5.42. The molecule has 0 saturated heterocycles. The average molecular weight is 428 g/mol. The van der Waals surface area contributed by atoms with Crippen molar-refractivity contribution in [3.63, 3.8) is 0 Å². The molecule has 162 valence electrons. The second-order valence-electron chi connectivity index (χ2n) is 7.57. The second kappa shape index (κ2) is 8.59. The molecule has 1 N–H and O–H groups in total. The fourth-order valence-electron chi connectivity index (χ4n) is 3.76. The number of aryl methyl sites for hydroxylation is 2. The Balaban J connectivity index is 1.80. The van der Waals surface area contributed by atoms with Crippen molar-refractivity contribution in [3.05, 3.63) is 89.1 Å². The van der Waals surface area contributed by atoms with Crippen LogP contribution in [0, 0.1) is 13.8 Å². The number of nitrogens with zero attached hydrogens (tertiary/aromatic N) is 1. The van der Waals surface area contributed by atoms with Gasteiger partial charge in [-0.25, -0.2) is 4.90 Å². The predicted molar refractivity (Wildman–Crippen MR) is 125 cm³/mol. The van der Waals surface area contributed by atoms with E-state index >= 15 is 0 Å². The lowest BCUT2D eigenvalue weighted by Crippen LogP contribution is -2.33. The maximum atomic E-state index is 13.6. The van der Waals surface area contributed by atoms with Gasteiger partial charge in [0.15, 0.2) is 0 Å². The van der Waals surface area contributed by atoms with E-state index in [4.69, 9.17) is 9.47 Å². The van der Waals surface area contributed by atoms with Crippen LogP contribution in [0.1, 0.15) is 16.7 Å². The Labute approximate surface area is 187 Å². The summed E-state index contributed by atoms with van der Waals surface area (Å²) in [5.41, 5.74) is 4.33. The molecular weight excluding hydrogens is 404 g/mol. The normalized spacial score (nSPS) is 13.6. The van der Waals surface area contributed by atoms with Crippen molar-refractivity contribution >= 4 is 28.8 Å². The summed E-state index contributed by atoms with van der Waals surface area (Å²) in [5, 5.41) is 3.16. The van der Waals surface area contributed by atoms with Crippen LogP contribution in [0.4, 0.5) is 11.4 Å². The van der Waals surface area contributed by atoms with E-state index in [1.165, 1.54) is 4.90 Å². The van der Waals surface area contributed by atoms with Crippen molar-refractivity contribution in [1.29, 1.82) is 0 Å². The SMILES string of the molecule is COc1ccc(NC2=C(c3ccc(OC)cc3)C(=O)N(c3ccc(C)cc3C)C2=O)cc1. The van der Waals surface area contributed by atoms with Gasteiger partial charge in [0.1, 0.15) is 17.2 Å². The maximum Gasteiger partial charge on any atom is 0.282 e. The van der Waals surface area contributed by atoms with Gasteiger partial charge in [0.05, 0.1) is 25.5 Å². The summed E-state index contributed by atoms with van der Waals surface area (Å²) in [7, 11) is 3.17. The van der Waals surface area contributed by atoms with Crippen LogP contribution in [0.25, 0.3) is 5.57 Å². The van der Waals surface area contributed by atoms with E-state index in [-0.39, 0.29) is 11.6 Å². The fourth-order valence-corrected chi connectivity index (χ4v) is 3.76. The van der Waals surface area contributed by atoms with Crippen molar-refractivity contribution in [2.45, 2.75) is 13.8 Å². The summed E-state index contributed by atoms with van der Waals surface area (Å²) in [5.74, 6) is 0.597. The molecule has 3 aromatic carbocycles. The molecule has 3 aromatic rings. The molecule has 1 aliphatic rings. The number of rotatable bonds is 6. The quantitative estimate of drug-likeness (QED) is 0.576. The van der Waals surface area contributed by atoms with Crippen molar-refractivity contribution in [1.82, 2.24) is 0 Å². The molecule has 0 spiro atoms. The molecule has 0 bridgehead atoms. The molecule has 0 radical (unpaired) electrons. The van der Waals surface area contributed by atoms with E-state index in [9.17, 15) is 9.59 Å². The van der Waals surface area contributed by atoms with Gasteiger partial charge in [-0.15, -0.1) is 0 Å². The molecule has 2 amide bonds. The van der Waals surface area contributed by atoms with Crippen molar-refractivity contribution < 1.29 is 19.1 Å². The Morgan fingerprint density at radius 2 is 1.34 bits per heavy atom. The number of carbonyl (C=O) groups is 2.